The van der Waals surface area contributed by atoms with Gasteiger partial charge in [-0.1, -0.05) is 30.3 Å². The number of fused-ring (bicyclic) bond motifs is 5. The standard InChI is InChI=1S/C26H31N3O2S/c1-2-31-17-9-15-27-26(30)29-18-21-20-12-6-7-14-23(20)32-25(21)28-16-8-13-22(28)24(29)19-10-4-3-5-11-19/h3-5,8,10-11,13,16,24H,2,6-7,9,12,14-15,17-18H2,1H3,(H,27,30)/t24-/m1/s1. The molecule has 0 saturated carbocycles. The minimum atomic E-state index is -0.128. The Morgan fingerprint density at radius 2 is 1.97 bits per heavy atom. The second kappa shape index (κ2) is 9.51. The molecular weight excluding hydrogens is 418 g/mol. The number of hydrogen-bond donors (Lipinski definition) is 1. The summed E-state index contributed by atoms with van der Waals surface area (Å²) in [7, 11) is 0. The third kappa shape index (κ3) is 3.97. The number of hydrogen-bond acceptors (Lipinski definition) is 3. The molecule has 0 fully saturated rings. The Morgan fingerprint density at radius 3 is 2.81 bits per heavy atom. The normalized spacial score (nSPS) is 17.3. The Hall–Kier alpha value is -2.57. The second-order valence-electron chi connectivity index (χ2n) is 8.52. The first kappa shape index (κ1) is 21.3. The van der Waals surface area contributed by atoms with Crippen molar-refractivity contribution in [3.63, 3.8) is 0 Å². The summed E-state index contributed by atoms with van der Waals surface area (Å²) >= 11 is 1.92. The highest BCUT2D eigenvalue weighted by molar-refractivity contribution is 7.15. The van der Waals surface area contributed by atoms with Crippen molar-refractivity contribution in [1.82, 2.24) is 14.8 Å². The van der Waals surface area contributed by atoms with Crippen LogP contribution in [-0.2, 0) is 24.1 Å². The van der Waals surface area contributed by atoms with Crippen LogP contribution in [0.25, 0.3) is 5.00 Å². The lowest BCUT2D eigenvalue weighted by atomic mass is 9.95. The quantitative estimate of drug-likeness (QED) is 0.508. The summed E-state index contributed by atoms with van der Waals surface area (Å²) < 4.78 is 7.77. The lowest BCUT2D eigenvalue weighted by molar-refractivity contribution is 0.143. The topological polar surface area (TPSA) is 46.5 Å². The maximum Gasteiger partial charge on any atom is 0.318 e. The number of urea groups is 1. The van der Waals surface area contributed by atoms with Gasteiger partial charge in [-0.25, -0.2) is 4.79 Å². The SMILES string of the molecule is CCOCCCNC(=O)N1Cc2c(sc3c2CCCC3)-n2cccc2[C@H]1c1ccccc1. The van der Waals surface area contributed by atoms with Crippen molar-refractivity contribution in [1.29, 1.82) is 0 Å². The Bertz CT molecular complexity index is 1070. The molecule has 5 nitrogen and oxygen atoms in total. The molecule has 1 aromatic carbocycles. The van der Waals surface area contributed by atoms with E-state index in [1.54, 1.807) is 0 Å². The number of benzene rings is 1. The summed E-state index contributed by atoms with van der Waals surface area (Å²) in [6, 6.07) is 14.6. The summed E-state index contributed by atoms with van der Waals surface area (Å²) in [5.74, 6) is 0. The van der Waals surface area contributed by atoms with Gasteiger partial charge < -0.3 is 19.5 Å². The molecule has 3 aromatic rings. The van der Waals surface area contributed by atoms with E-state index in [0.29, 0.717) is 26.3 Å². The summed E-state index contributed by atoms with van der Waals surface area (Å²) in [5.41, 5.74) is 5.11. The average molecular weight is 450 g/mol. The summed E-state index contributed by atoms with van der Waals surface area (Å²) in [4.78, 5) is 17.1. The highest BCUT2D eigenvalue weighted by Gasteiger charge is 2.35. The van der Waals surface area contributed by atoms with Crippen LogP contribution in [0.1, 0.15) is 59.5 Å². The maximum atomic E-state index is 13.6. The predicted molar refractivity (Wildman–Crippen MR) is 129 cm³/mol. The number of nitrogens with zero attached hydrogens (tertiary/aromatic N) is 2. The fourth-order valence-corrected chi connectivity index (χ4v) is 6.39. The number of thiophene rings is 1. The van der Waals surface area contributed by atoms with Crippen LogP contribution in [0, 0.1) is 0 Å². The zero-order valence-electron chi connectivity index (χ0n) is 18.7. The van der Waals surface area contributed by atoms with Crippen LogP contribution in [-0.4, -0.2) is 35.3 Å². The minimum absolute atomic E-state index is 0.00768. The number of nitrogens with one attached hydrogen (secondary N) is 1. The van der Waals surface area contributed by atoms with E-state index in [0.717, 1.165) is 30.5 Å². The number of carbonyl (C=O) groups excluding carboxylic acids is 1. The molecule has 0 radical (unpaired) electrons. The highest BCUT2D eigenvalue weighted by Crippen LogP contribution is 2.43. The van der Waals surface area contributed by atoms with Crippen LogP contribution in [0.5, 0.6) is 0 Å². The van der Waals surface area contributed by atoms with Crippen LogP contribution >= 0.6 is 11.3 Å². The van der Waals surface area contributed by atoms with Gasteiger partial charge in [-0.15, -0.1) is 11.3 Å². The lowest BCUT2D eigenvalue weighted by Crippen LogP contribution is -2.42. The summed E-state index contributed by atoms with van der Waals surface area (Å²) in [6.07, 6.45) is 7.77. The van der Waals surface area contributed by atoms with E-state index in [1.807, 2.05) is 29.2 Å². The van der Waals surface area contributed by atoms with Crippen molar-refractivity contribution in [2.45, 2.75) is 51.6 Å². The van der Waals surface area contributed by atoms with Crippen molar-refractivity contribution >= 4 is 17.4 Å². The van der Waals surface area contributed by atoms with Crippen molar-refractivity contribution in [2.24, 2.45) is 0 Å². The van der Waals surface area contributed by atoms with E-state index < -0.39 is 0 Å². The number of carbonyl (C=O) groups is 1. The largest absolute Gasteiger partial charge is 0.382 e. The van der Waals surface area contributed by atoms with Gasteiger partial charge in [0, 0.05) is 36.4 Å². The number of amides is 2. The van der Waals surface area contributed by atoms with E-state index in [4.69, 9.17) is 4.74 Å². The molecule has 6 heteroatoms. The molecule has 1 atom stereocenters. The van der Waals surface area contributed by atoms with E-state index in [-0.39, 0.29) is 12.1 Å². The van der Waals surface area contributed by atoms with Crippen molar-refractivity contribution in [3.05, 3.63) is 75.9 Å². The van der Waals surface area contributed by atoms with Crippen LogP contribution in [0.3, 0.4) is 0 Å². The van der Waals surface area contributed by atoms with E-state index in [1.165, 1.54) is 33.8 Å². The predicted octanol–water partition coefficient (Wildman–Crippen LogP) is 5.46. The molecule has 1 aliphatic heterocycles. The van der Waals surface area contributed by atoms with Crippen molar-refractivity contribution in [3.8, 4) is 5.00 Å². The van der Waals surface area contributed by atoms with Crippen LogP contribution < -0.4 is 5.32 Å². The van der Waals surface area contributed by atoms with Crippen LogP contribution in [0.4, 0.5) is 4.79 Å². The molecule has 0 saturated heterocycles. The van der Waals surface area contributed by atoms with Crippen molar-refractivity contribution < 1.29 is 9.53 Å². The molecule has 0 unspecified atom stereocenters. The zero-order valence-corrected chi connectivity index (χ0v) is 19.5. The Balaban J connectivity index is 1.54. The smallest absolute Gasteiger partial charge is 0.318 e. The minimum Gasteiger partial charge on any atom is -0.382 e. The first-order valence-corrected chi connectivity index (χ1v) is 12.6. The lowest BCUT2D eigenvalue weighted by Gasteiger charge is -2.31. The molecule has 0 bridgehead atoms. The average Bonchev–Trinajstić information content (AvgIpc) is 3.41. The van der Waals surface area contributed by atoms with Crippen molar-refractivity contribution in [2.75, 3.05) is 19.8 Å². The van der Waals surface area contributed by atoms with Gasteiger partial charge in [0.2, 0.25) is 0 Å². The fourth-order valence-electron chi connectivity index (χ4n) is 4.99. The van der Waals surface area contributed by atoms with Gasteiger partial charge in [-0.3, -0.25) is 0 Å². The van der Waals surface area contributed by atoms with E-state index >= 15 is 0 Å². The van der Waals surface area contributed by atoms with Crippen LogP contribution in [0.15, 0.2) is 48.7 Å². The van der Waals surface area contributed by atoms with Gasteiger partial charge >= 0.3 is 6.03 Å². The molecule has 5 rings (SSSR count). The monoisotopic (exact) mass is 449 g/mol. The zero-order chi connectivity index (χ0) is 21.9. The maximum absolute atomic E-state index is 13.6. The molecule has 32 heavy (non-hydrogen) atoms. The third-order valence-electron chi connectivity index (χ3n) is 6.50. The first-order chi connectivity index (χ1) is 15.8. The summed E-state index contributed by atoms with van der Waals surface area (Å²) in [5, 5.41) is 4.46. The van der Waals surface area contributed by atoms with Gasteiger partial charge in [0.05, 0.1) is 18.3 Å². The number of ether oxygens (including phenoxy) is 1. The molecule has 1 N–H and O–H groups in total. The van der Waals surface area contributed by atoms with Gasteiger partial charge in [0.15, 0.2) is 0 Å². The molecule has 1 aliphatic carbocycles. The third-order valence-corrected chi connectivity index (χ3v) is 7.83. The van der Waals surface area contributed by atoms with Gasteiger partial charge in [0.1, 0.15) is 5.00 Å². The first-order valence-electron chi connectivity index (χ1n) is 11.8. The molecule has 0 spiro atoms. The fraction of sp³-hybridized carbons (Fsp3) is 0.423. The van der Waals surface area contributed by atoms with Gasteiger partial charge in [-0.05, 0) is 62.3 Å². The Kier molecular flexibility index (Phi) is 6.32. The molecule has 2 aromatic heterocycles. The number of rotatable bonds is 6. The Morgan fingerprint density at radius 1 is 1.12 bits per heavy atom. The Labute approximate surface area is 194 Å². The van der Waals surface area contributed by atoms with Crippen LogP contribution in [0.2, 0.25) is 0 Å². The van der Waals surface area contributed by atoms with Gasteiger partial charge in [0.25, 0.3) is 0 Å². The second-order valence-corrected chi connectivity index (χ2v) is 9.60. The van der Waals surface area contributed by atoms with Gasteiger partial charge in [-0.2, -0.15) is 0 Å². The number of aromatic nitrogens is 1. The molecule has 2 aliphatic rings. The summed E-state index contributed by atoms with van der Waals surface area (Å²) in [6.45, 7) is 4.63. The number of aryl methyl sites for hydroxylation is 1. The van der Waals surface area contributed by atoms with E-state index in [9.17, 15) is 4.79 Å². The molecular formula is C26H31N3O2S. The van der Waals surface area contributed by atoms with E-state index in [2.05, 4.69) is 52.5 Å². The highest BCUT2D eigenvalue weighted by atomic mass is 32.1. The molecule has 3 heterocycles. The molecule has 2 amide bonds. The molecule has 168 valence electrons.